The van der Waals surface area contributed by atoms with E-state index in [1.54, 1.807) is 0 Å². The first-order chi connectivity index (χ1) is 5.87. The molecular formula is C10H18O2. The Kier molecular flexibility index (Phi) is 2.37. The quantitative estimate of drug-likeness (QED) is 0.694. The van der Waals surface area contributed by atoms with Crippen molar-refractivity contribution >= 4 is 0 Å². The fourth-order valence-electron chi connectivity index (χ4n) is 2.40. The van der Waals surface area contributed by atoms with E-state index in [4.69, 9.17) is 9.84 Å². The molecule has 1 heterocycles. The lowest BCUT2D eigenvalue weighted by Crippen LogP contribution is -2.50. The molecule has 0 aromatic rings. The van der Waals surface area contributed by atoms with E-state index in [0.717, 1.165) is 25.6 Å². The van der Waals surface area contributed by atoms with Gasteiger partial charge in [-0.05, 0) is 31.6 Å². The van der Waals surface area contributed by atoms with Crippen LogP contribution in [0.5, 0.6) is 0 Å². The van der Waals surface area contributed by atoms with Crippen LogP contribution in [0.25, 0.3) is 0 Å². The largest absolute Gasteiger partial charge is 0.396 e. The van der Waals surface area contributed by atoms with Crippen LogP contribution in [-0.2, 0) is 4.74 Å². The highest BCUT2D eigenvalue weighted by molar-refractivity contribution is 4.95. The van der Waals surface area contributed by atoms with Crippen molar-refractivity contribution in [2.75, 3.05) is 19.8 Å². The number of aliphatic hydroxyl groups excluding tert-OH is 1. The summed E-state index contributed by atoms with van der Waals surface area (Å²) in [7, 11) is 0. The third-order valence-electron chi connectivity index (χ3n) is 3.58. The van der Waals surface area contributed by atoms with Crippen molar-refractivity contribution in [3.05, 3.63) is 0 Å². The normalized spacial score (nSPS) is 27.8. The second-order valence-corrected chi connectivity index (χ2v) is 4.31. The lowest BCUT2D eigenvalue weighted by molar-refractivity contribution is -0.167. The number of hydrogen-bond donors (Lipinski definition) is 1. The van der Waals surface area contributed by atoms with E-state index in [-0.39, 0.29) is 0 Å². The molecule has 0 aromatic heterocycles. The Hall–Kier alpha value is -0.0800. The molecular weight excluding hydrogens is 152 g/mol. The molecule has 2 aliphatic rings. The zero-order valence-corrected chi connectivity index (χ0v) is 7.59. The van der Waals surface area contributed by atoms with Gasteiger partial charge >= 0.3 is 0 Å². The predicted molar refractivity (Wildman–Crippen MR) is 46.9 cm³/mol. The van der Waals surface area contributed by atoms with Crippen molar-refractivity contribution in [3.8, 4) is 0 Å². The van der Waals surface area contributed by atoms with Crippen LogP contribution in [0.3, 0.4) is 0 Å². The standard InChI is InChI=1S/C10H18O2/c11-6-2-5-10(7-12-8-10)9-3-1-4-9/h9,11H,1-8H2. The molecule has 2 fully saturated rings. The summed E-state index contributed by atoms with van der Waals surface area (Å²) in [6, 6.07) is 0. The minimum absolute atomic E-state index is 0.342. The molecule has 70 valence electrons. The minimum atomic E-state index is 0.342. The molecule has 0 spiro atoms. The van der Waals surface area contributed by atoms with Gasteiger partial charge in [0, 0.05) is 12.0 Å². The first-order valence-corrected chi connectivity index (χ1v) is 5.06. The van der Waals surface area contributed by atoms with E-state index < -0.39 is 0 Å². The second kappa shape index (κ2) is 3.35. The molecule has 2 rings (SSSR count). The van der Waals surface area contributed by atoms with E-state index in [2.05, 4.69) is 0 Å². The third-order valence-corrected chi connectivity index (χ3v) is 3.58. The number of hydrogen-bond acceptors (Lipinski definition) is 2. The Morgan fingerprint density at radius 3 is 2.42 bits per heavy atom. The summed E-state index contributed by atoms with van der Waals surface area (Å²) in [6.07, 6.45) is 6.34. The van der Waals surface area contributed by atoms with Gasteiger partial charge < -0.3 is 9.84 Å². The van der Waals surface area contributed by atoms with E-state index in [1.165, 1.54) is 25.7 Å². The van der Waals surface area contributed by atoms with Crippen molar-refractivity contribution in [1.29, 1.82) is 0 Å². The van der Waals surface area contributed by atoms with Crippen molar-refractivity contribution in [2.45, 2.75) is 32.1 Å². The van der Waals surface area contributed by atoms with Crippen LogP contribution in [-0.4, -0.2) is 24.9 Å². The van der Waals surface area contributed by atoms with E-state index >= 15 is 0 Å². The Morgan fingerprint density at radius 2 is 2.08 bits per heavy atom. The van der Waals surface area contributed by atoms with E-state index in [0.29, 0.717) is 12.0 Å². The van der Waals surface area contributed by atoms with Crippen LogP contribution >= 0.6 is 0 Å². The van der Waals surface area contributed by atoms with Gasteiger partial charge in [-0.3, -0.25) is 0 Å². The highest BCUT2D eigenvalue weighted by Crippen LogP contribution is 2.49. The fourth-order valence-corrected chi connectivity index (χ4v) is 2.40. The zero-order chi connectivity index (χ0) is 8.44. The molecule has 2 heteroatoms. The maximum absolute atomic E-state index is 8.78. The first-order valence-electron chi connectivity index (χ1n) is 5.06. The van der Waals surface area contributed by atoms with Crippen molar-refractivity contribution in [2.24, 2.45) is 11.3 Å². The Bertz CT molecular complexity index is 148. The maximum Gasteiger partial charge on any atom is 0.0547 e. The van der Waals surface area contributed by atoms with Gasteiger partial charge in [-0.1, -0.05) is 6.42 Å². The highest BCUT2D eigenvalue weighted by atomic mass is 16.5. The van der Waals surface area contributed by atoms with Gasteiger partial charge in [-0.25, -0.2) is 0 Å². The molecule has 0 amide bonds. The summed E-state index contributed by atoms with van der Waals surface area (Å²) in [6.45, 7) is 2.25. The summed E-state index contributed by atoms with van der Waals surface area (Å²) < 4.78 is 5.31. The number of aliphatic hydroxyl groups is 1. The molecule has 1 aliphatic heterocycles. The van der Waals surface area contributed by atoms with Crippen LogP contribution in [0, 0.1) is 11.3 Å². The first kappa shape index (κ1) is 8.52. The van der Waals surface area contributed by atoms with Gasteiger partial charge in [-0.2, -0.15) is 0 Å². The van der Waals surface area contributed by atoms with Crippen LogP contribution < -0.4 is 0 Å². The molecule has 1 saturated heterocycles. The topological polar surface area (TPSA) is 29.5 Å². The highest BCUT2D eigenvalue weighted by Gasteiger charge is 2.46. The molecule has 1 aliphatic carbocycles. The summed E-state index contributed by atoms with van der Waals surface area (Å²) in [5, 5.41) is 8.78. The fraction of sp³-hybridized carbons (Fsp3) is 1.00. The lowest BCUT2D eigenvalue weighted by atomic mass is 9.62. The average molecular weight is 170 g/mol. The molecule has 0 unspecified atom stereocenters. The SMILES string of the molecule is OCCCC1(C2CCC2)COC1. The molecule has 2 nitrogen and oxygen atoms in total. The molecule has 0 aromatic carbocycles. The van der Waals surface area contributed by atoms with E-state index in [1.807, 2.05) is 0 Å². The van der Waals surface area contributed by atoms with Crippen molar-refractivity contribution < 1.29 is 9.84 Å². The van der Waals surface area contributed by atoms with Crippen molar-refractivity contribution in [3.63, 3.8) is 0 Å². The second-order valence-electron chi connectivity index (χ2n) is 4.31. The van der Waals surface area contributed by atoms with Gasteiger partial charge in [0.25, 0.3) is 0 Å². The Morgan fingerprint density at radius 1 is 1.33 bits per heavy atom. The summed E-state index contributed by atoms with van der Waals surface area (Å²) in [5.74, 6) is 0.915. The van der Waals surface area contributed by atoms with Gasteiger partial charge in [0.15, 0.2) is 0 Å². The summed E-state index contributed by atoms with van der Waals surface area (Å²) >= 11 is 0. The molecule has 0 bridgehead atoms. The number of rotatable bonds is 4. The smallest absolute Gasteiger partial charge is 0.0547 e. The Balaban J connectivity index is 1.85. The lowest BCUT2D eigenvalue weighted by Gasteiger charge is -2.51. The van der Waals surface area contributed by atoms with Crippen LogP contribution in [0.4, 0.5) is 0 Å². The Labute approximate surface area is 73.9 Å². The van der Waals surface area contributed by atoms with Crippen LogP contribution in [0.2, 0.25) is 0 Å². The average Bonchev–Trinajstić information content (AvgIpc) is 1.90. The molecule has 12 heavy (non-hydrogen) atoms. The maximum atomic E-state index is 8.78. The van der Waals surface area contributed by atoms with Crippen molar-refractivity contribution in [1.82, 2.24) is 0 Å². The molecule has 1 saturated carbocycles. The minimum Gasteiger partial charge on any atom is -0.396 e. The van der Waals surface area contributed by atoms with Gasteiger partial charge in [0.05, 0.1) is 13.2 Å². The summed E-state index contributed by atoms with van der Waals surface area (Å²) in [4.78, 5) is 0. The third kappa shape index (κ3) is 1.27. The zero-order valence-electron chi connectivity index (χ0n) is 7.59. The molecule has 0 radical (unpaired) electrons. The van der Waals surface area contributed by atoms with E-state index in [9.17, 15) is 0 Å². The molecule has 0 atom stereocenters. The van der Waals surface area contributed by atoms with Gasteiger partial charge in [0.2, 0.25) is 0 Å². The van der Waals surface area contributed by atoms with Crippen LogP contribution in [0.15, 0.2) is 0 Å². The predicted octanol–water partition coefficient (Wildman–Crippen LogP) is 1.58. The molecule has 1 N–H and O–H groups in total. The van der Waals surface area contributed by atoms with Gasteiger partial charge in [0.1, 0.15) is 0 Å². The van der Waals surface area contributed by atoms with Gasteiger partial charge in [-0.15, -0.1) is 0 Å². The summed E-state index contributed by atoms with van der Waals surface area (Å²) in [5.41, 5.74) is 0.487. The number of ether oxygens (including phenoxy) is 1. The monoisotopic (exact) mass is 170 g/mol. The van der Waals surface area contributed by atoms with Crippen LogP contribution in [0.1, 0.15) is 32.1 Å².